The Bertz CT molecular complexity index is 559. The first-order valence-corrected chi connectivity index (χ1v) is 8.23. The Morgan fingerprint density at radius 1 is 1.24 bits per heavy atom. The number of hydrogen-bond donors (Lipinski definition) is 1. The highest BCUT2D eigenvalue weighted by molar-refractivity contribution is 5.51. The molecule has 0 aromatic heterocycles. The lowest BCUT2D eigenvalue weighted by atomic mass is 9.61. The Morgan fingerprint density at radius 3 is 2.57 bits per heavy atom. The van der Waals surface area contributed by atoms with E-state index in [4.69, 9.17) is 4.74 Å². The molecule has 1 N–H and O–H groups in total. The molecule has 0 heterocycles. The van der Waals surface area contributed by atoms with E-state index in [1.54, 1.807) is 7.11 Å². The molecule has 3 atom stereocenters. The predicted molar refractivity (Wildman–Crippen MR) is 86.1 cm³/mol. The van der Waals surface area contributed by atoms with E-state index < -0.39 is 5.60 Å². The second-order valence-electron chi connectivity index (χ2n) is 7.79. The van der Waals surface area contributed by atoms with Gasteiger partial charge in [0.05, 0.1) is 12.7 Å². The van der Waals surface area contributed by atoms with Crippen LogP contribution >= 0.6 is 0 Å². The fourth-order valence-electron chi connectivity index (χ4n) is 4.81. The number of methoxy groups -OCH3 is 1. The second kappa shape index (κ2) is 4.74. The molecule has 21 heavy (non-hydrogen) atoms. The molecule has 2 aliphatic rings. The predicted octanol–water partition coefficient (Wildman–Crippen LogP) is 4.18. The van der Waals surface area contributed by atoms with E-state index in [1.807, 2.05) is 6.92 Å². The maximum atomic E-state index is 10.9. The number of aliphatic hydroxyl groups is 1. The first-order valence-electron chi connectivity index (χ1n) is 8.23. The largest absolute Gasteiger partial charge is 0.496 e. The Morgan fingerprint density at radius 2 is 1.95 bits per heavy atom. The van der Waals surface area contributed by atoms with E-state index in [0.717, 1.165) is 25.0 Å². The molecule has 3 rings (SSSR count). The molecule has 1 aromatic carbocycles. The van der Waals surface area contributed by atoms with E-state index in [-0.39, 0.29) is 5.41 Å². The van der Waals surface area contributed by atoms with Crippen LogP contribution in [0.3, 0.4) is 0 Å². The van der Waals surface area contributed by atoms with Gasteiger partial charge in [0.1, 0.15) is 5.75 Å². The molecule has 2 nitrogen and oxygen atoms in total. The SMILES string of the molecule is COc1cc2c(cc1C(C)C)C[C@H]1C(C)(O)CCC[C@@]21C. The van der Waals surface area contributed by atoms with Crippen molar-refractivity contribution in [3.63, 3.8) is 0 Å². The third-order valence-electron chi connectivity index (χ3n) is 6.02. The van der Waals surface area contributed by atoms with Crippen LogP contribution in [0.5, 0.6) is 5.75 Å². The minimum atomic E-state index is -0.544. The van der Waals surface area contributed by atoms with Crippen molar-refractivity contribution in [2.24, 2.45) is 5.92 Å². The number of ether oxygens (including phenoxy) is 1. The molecule has 116 valence electrons. The molecule has 2 aliphatic carbocycles. The van der Waals surface area contributed by atoms with Gasteiger partial charge in [-0.1, -0.05) is 26.8 Å². The summed E-state index contributed by atoms with van der Waals surface area (Å²) in [5, 5.41) is 10.9. The van der Waals surface area contributed by atoms with Gasteiger partial charge in [-0.25, -0.2) is 0 Å². The normalized spacial score (nSPS) is 34.7. The third-order valence-corrected chi connectivity index (χ3v) is 6.02. The van der Waals surface area contributed by atoms with Crippen LogP contribution in [-0.4, -0.2) is 17.8 Å². The van der Waals surface area contributed by atoms with Crippen LogP contribution in [0.25, 0.3) is 0 Å². The van der Waals surface area contributed by atoms with Gasteiger partial charge in [0.15, 0.2) is 0 Å². The van der Waals surface area contributed by atoms with Crippen LogP contribution in [0, 0.1) is 5.92 Å². The van der Waals surface area contributed by atoms with Crippen molar-refractivity contribution in [3.05, 3.63) is 28.8 Å². The Hall–Kier alpha value is -1.02. The van der Waals surface area contributed by atoms with Crippen molar-refractivity contribution >= 4 is 0 Å². The maximum Gasteiger partial charge on any atom is 0.122 e. The summed E-state index contributed by atoms with van der Waals surface area (Å²) in [7, 11) is 1.76. The lowest BCUT2D eigenvalue weighted by Gasteiger charge is -2.46. The molecule has 0 aliphatic heterocycles. The van der Waals surface area contributed by atoms with Crippen molar-refractivity contribution in [3.8, 4) is 5.75 Å². The highest BCUT2D eigenvalue weighted by Crippen LogP contribution is 2.56. The molecular formula is C19H28O2. The van der Waals surface area contributed by atoms with Gasteiger partial charge in [-0.3, -0.25) is 0 Å². The fourth-order valence-corrected chi connectivity index (χ4v) is 4.81. The summed E-state index contributed by atoms with van der Waals surface area (Å²) in [6, 6.07) is 4.59. The Kier molecular flexibility index (Phi) is 3.36. The number of benzene rings is 1. The molecule has 1 aromatic rings. The van der Waals surface area contributed by atoms with E-state index in [1.165, 1.54) is 23.1 Å². The second-order valence-corrected chi connectivity index (χ2v) is 7.79. The van der Waals surface area contributed by atoms with Crippen LogP contribution in [-0.2, 0) is 11.8 Å². The molecule has 0 radical (unpaired) electrons. The van der Waals surface area contributed by atoms with Crippen molar-refractivity contribution in [2.45, 2.75) is 70.3 Å². The summed E-state index contributed by atoms with van der Waals surface area (Å²) in [6.07, 6.45) is 4.21. The van der Waals surface area contributed by atoms with Gasteiger partial charge in [0.2, 0.25) is 0 Å². The highest BCUT2D eigenvalue weighted by Gasteiger charge is 2.53. The smallest absolute Gasteiger partial charge is 0.122 e. The topological polar surface area (TPSA) is 29.5 Å². The van der Waals surface area contributed by atoms with Crippen molar-refractivity contribution in [1.29, 1.82) is 0 Å². The average molecular weight is 288 g/mol. The average Bonchev–Trinajstić information content (AvgIpc) is 2.71. The zero-order valence-corrected chi connectivity index (χ0v) is 14.0. The summed E-state index contributed by atoms with van der Waals surface area (Å²) < 4.78 is 5.65. The van der Waals surface area contributed by atoms with E-state index in [9.17, 15) is 5.11 Å². The van der Waals surface area contributed by atoms with Crippen molar-refractivity contribution in [1.82, 2.24) is 0 Å². The van der Waals surface area contributed by atoms with E-state index in [0.29, 0.717) is 11.8 Å². The number of fused-ring (bicyclic) bond motifs is 3. The molecule has 0 spiro atoms. The van der Waals surface area contributed by atoms with E-state index >= 15 is 0 Å². The summed E-state index contributed by atoms with van der Waals surface area (Å²) >= 11 is 0. The lowest BCUT2D eigenvalue weighted by Crippen LogP contribution is -2.48. The minimum Gasteiger partial charge on any atom is -0.496 e. The van der Waals surface area contributed by atoms with Gasteiger partial charge in [-0.05, 0) is 66.7 Å². The van der Waals surface area contributed by atoms with Crippen LogP contribution in [0.15, 0.2) is 12.1 Å². The molecule has 1 fully saturated rings. The van der Waals surface area contributed by atoms with Gasteiger partial charge in [-0.2, -0.15) is 0 Å². The Labute approximate surface area is 128 Å². The molecule has 1 unspecified atom stereocenters. The highest BCUT2D eigenvalue weighted by atomic mass is 16.5. The quantitative estimate of drug-likeness (QED) is 0.884. The number of rotatable bonds is 2. The van der Waals surface area contributed by atoms with Crippen molar-refractivity contribution in [2.75, 3.05) is 7.11 Å². The summed E-state index contributed by atoms with van der Waals surface area (Å²) in [4.78, 5) is 0. The first kappa shape index (κ1) is 14.9. The zero-order valence-electron chi connectivity index (χ0n) is 14.0. The maximum absolute atomic E-state index is 10.9. The van der Waals surface area contributed by atoms with Crippen LogP contribution in [0.4, 0.5) is 0 Å². The third kappa shape index (κ3) is 2.11. The molecule has 2 heteroatoms. The summed E-state index contributed by atoms with van der Waals surface area (Å²) in [6.45, 7) is 8.79. The van der Waals surface area contributed by atoms with Gasteiger partial charge >= 0.3 is 0 Å². The monoisotopic (exact) mass is 288 g/mol. The Balaban J connectivity index is 2.13. The lowest BCUT2D eigenvalue weighted by molar-refractivity contribution is -0.0604. The van der Waals surface area contributed by atoms with Crippen LogP contribution < -0.4 is 4.74 Å². The van der Waals surface area contributed by atoms with Gasteiger partial charge in [0, 0.05) is 5.92 Å². The molecule has 1 saturated carbocycles. The molecular weight excluding hydrogens is 260 g/mol. The van der Waals surface area contributed by atoms with E-state index in [2.05, 4.69) is 32.9 Å². The van der Waals surface area contributed by atoms with Gasteiger partial charge in [-0.15, -0.1) is 0 Å². The molecule has 0 bridgehead atoms. The van der Waals surface area contributed by atoms with Gasteiger partial charge in [0.25, 0.3) is 0 Å². The molecule has 0 amide bonds. The summed E-state index contributed by atoms with van der Waals surface area (Å²) in [5.41, 5.74) is 3.68. The molecule has 0 saturated heterocycles. The fraction of sp³-hybridized carbons (Fsp3) is 0.684. The number of hydrogen-bond acceptors (Lipinski definition) is 2. The first-order chi connectivity index (χ1) is 9.79. The van der Waals surface area contributed by atoms with Crippen LogP contribution in [0.2, 0.25) is 0 Å². The van der Waals surface area contributed by atoms with Crippen LogP contribution in [0.1, 0.15) is 69.6 Å². The standard InChI is InChI=1S/C19H28O2/c1-12(2)14-9-13-10-17-18(3,7-6-8-19(17,4)20)15(13)11-16(14)21-5/h9,11-12,17,20H,6-8,10H2,1-5H3/t17-,18+,19?/m1/s1. The summed E-state index contributed by atoms with van der Waals surface area (Å²) in [5.74, 6) is 1.80. The minimum absolute atomic E-state index is 0.0971. The van der Waals surface area contributed by atoms with Crippen molar-refractivity contribution < 1.29 is 9.84 Å². The van der Waals surface area contributed by atoms with Gasteiger partial charge < -0.3 is 9.84 Å². The zero-order chi connectivity index (χ0) is 15.4.